The zero-order chi connectivity index (χ0) is 20.6. The minimum Gasteiger partial charge on any atom is -0.497 e. The summed E-state index contributed by atoms with van der Waals surface area (Å²) in [6.45, 7) is 5.41. The number of benzene rings is 1. The van der Waals surface area contributed by atoms with Crippen molar-refractivity contribution in [3.05, 3.63) is 35.9 Å². The molecular formula is C22H30N4O2S. The molecule has 1 aromatic heterocycles. The van der Waals surface area contributed by atoms with Gasteiger partial charge in [-0.2, -0.15) is 0 Å². The maximum absolute atomic E-state index is 12.5. The van der Waals surface area contributed by atoms with Crippen LogP contribution in [0, 0.1) is 0 Å². The van der Waals surface area contributed by atoms with Crippen LogP contribution >= 0.6 is 11.8 Å². The molecule has 1 unspecified atom stereocenters. The molecular weight excluding hydrogens is 384 g/mol. The zero-order valence-electron chi connectivity index (χ0n) is 17.5. The molecule has 0 bridgehead atoms. The number of rotatable bonds is 9. The largest absolute Gasteiger partial charge is 0.497 e. The van der Waals surface area contributed by atoms with E-state index >= 15 is 0 Å². The number of methoxy groups -OCH3 is 1. The molecule has 1 amide bonds. The van der Waals surface area contributed by atoms with Crippen molar-refractivity contribution >= 4 is 17.7 Å². The summed E-state index contributed by atoms with van der Waals surface area (Å²) in [5.41, 5.74) is 2.46. The van der Waals surface area contributed by atoms with Crippen molar-refractivity contribution in [2.75, 3.05) is 13.7 Å². The first-order valence-corrected chi connectivity index (χ1v) is 11.2. The Morgan fingerprint density at radius 1 is 1.28 bits per heavy atom. The molecule has 3 rings (SSSR count). The number of nitrogens with zero attached hydrogens (tertiary/aromatic N) is 3. The van der Waals surface area contributed by atoms with Gasteiger partial charge in [0, 0.05) is 18.7 Å². The van der Waals surface area contributed by atoms with Crippen LogP contribution in [0.1, 0.15) is 46.0 Å². The first kappa shape index (κ1) is 21.4. The zero-order valence-corrected chi connectivity index (χ0v) is 18.3. The van der Waals surface area contributed by atoms with Crippen molar-refractivity contribution in [1.82, 2.24) is 20.1 Å². The number of carbonyl (C=O) groups is 1. The monoisotopic (exact) mass is 414 g/mol. The molecule has 0 saturated heterocycles. The Hall–Kier alpha value is -2.28. The molecule has 1 aliphatic carbocycles. The second kappa shape index (κ2) is 10.5. The third kappa shape index (κ3) is 5.63. The maximum Gasteiger partial charge on any atom is 0.233 e. The summed E-state index contributed by atoms with van der Waals surface area (Å²) in [4.78, 5) is 12.5. The molecule has 1 heterocycles. The van der Waals surface area contributed by atoms with Gasteiger partial charge in [-0.3, -0.25) is 4.79 Å². The molecule has 0 fully saturated rings. The molecule has 1 aliphatic rings. The van der Waals surface area contributed by atoms with Crippen molar-refractivity contribution < 1.29 is 9.53 Å². The quantitative estimate of drug-likeness (QED) is 0.485. The molecule has 0 radical (unpaired) electrons. The lowest BCUT2D eigenvalue weighted by Gasteiger charge is -2.15. The molecule has 1 aromatic carbocycles. The number of carbonyl (C=O) groups excluding carboxylic acids is 1. The molecule has 0 aliphatic heterocycles. The average molecular weight is 415 g/mol. The Kier molecular flexibility index (Phi) is 7.75. The number of hydrogen-bond donors (Lipinski definition) is 1. The van der Waals surface area contributed by atoms with E-state index in [0.717, 1.165) is 35.3 Å². The van der Waals surface area contributed by atoms with E-state index in [1.807, 2.05) is 35.8 Å². The molecule has 0 spiro atoms. The standard InChI is InChI=1S/C22H30N4O2S/c1-4-26-20(18-10-12-19(28-3)13-11-18)24-25-22(26)29-16(2)21(27)23-15-14-17-8-6-5-7-9-17/h8,10-13,16H,4-7,9,14-15H2,1-3H3,(H,23,27). The van der Waals surface area contributed by atoms with E-state index < -0.39 is 0 Å². The van der Waals surface area contributed by atoms with Crippen LogP contribution < -0.4 is 10.1 Å². The molecule has 1 atom stereocenters. The van der Waals surface area contributed by atoms with Crippen molar-refractivity contribution in [3.8, 4) is 17.1 Å². The van der Waals surface area contributed by atoms with Gasteiger partial charge in [0.15, 0.2) is 11.0 Å². The third-order valence-electron chi connectivity index (χ3n) is 5.16. The van der Waals surface area contributed by atoms with Crippen LogP contribution in [-0.2, 0) is 11.3 Å². The number of amides is 1. The van der Waals surface area contributed by atoms with Crippen molar-refractivity contribution in [2.24, 2.45) is 0 Å². The second-order valence-electron chi connectivity index (χ2n) is 7.19. The van der Waals surface area contributed by atoms with E-state index in [1.54, 1.807) is 7.11 Å². The third-order valence-corrected chi connectivity index (χ3v) is 6.24. The highest BCUT2D eigenvalue weighted by atomic mass is 32.2. The average Bonchev–Trinajstić information content (AvgIpc) is 3.16. The van der Waals surface area contributed by atoms with E-state index in [2.05, 4.69) is 28.5 Å². The summed E-state index contributed by atoms with van der Waals surface area (Å²) in [6.07, 6.45) is 8.20. The Morgan fingerprint density at radius 3 is 2.72 bits per heavy atom. The molecule has 1 N–H and O–H groups in total. The predicted molar refractivity (Wildman–Crippen MR) is 117 cm³/mol. The fourth-order valence-corrected chi connectivity index (χ4v) is 4.39. The number of aromatic nitrogens is 3. The van der Waals surface area contributed by atoms with Crippen molar-refractivity contribution in [1.29, 1.82) is 0 Å². The number of ether oxygens (including phenoxy) is 1. The van der Waals surface area contributed by atoms with E-state index in [4.69, 9.17) is 4.74 Å². The molecule has 6 nitrogen and oxygen atoms in total. The van der Waals surface area contributed by atoms with Crippen LogP contribution in [0.2, 0.25) is 0 Å². The van der Waals surface area contributed by atoms with Gasteiger partial charge in [0.25, 0.3) is 0 Å². The lowest BCUT2D eigenvalue weighted by molar-refractivity contribution is -0.120. The molecule has 29 heavy (non-hydrogen) atoms. The SMILES string of the molecule is CCn1c(SC(C)C(=O)NCCC2=CCCCC2)nnc1-c1ccc(OC)cc1. The second-order valence-corrected chi connectivity index (χ2v) is 8.50. The van der Waals surface area contributed by atoms with Crippen LogP contribution in [0.5, 0.6) is 5.75 Å². The summed E-state index contributed by atoms with van der Waals surface area (Å²) in [5, 5.41) is 12.3. The first-order chi connectivity index (χ1) is 14.1. The fraction of sp³-hybridized carbons (Fsp3) is 0.500. The van der Waals surface area contributed by atoms with Crippen LogP contribution in [0.25, 0.3) is 11.4 Å². The minimum absolute atomic E-state index is 0.0445. The highest BCUT2D eigenvalue weighted by molar-refractivity contribution is 8.00. The van der Waals surface area contributed by atoms with Gasteiger partial charge in [-0.05, 0) is 70.2 Å². The Morgan fingerprint density at radius 2 is 2.07 bits per heavy atom. The van der Waals surface area contributed by atoms with E-state index in [1.165, 1.54) is 43.0 Å². The Balaban J connectivity index is 1.59. The van der Waals surface area contributed by atoms with Crippen LogP contribution in [0.15, 0.2) is 41.1 Å². The van der Waals surface area contributed by atoms with Gasteiger partial charge < -0.3 is 14.6 Å². The van der Waals surface area contributed by atoms with Crippen molar-refractivity contribution in [3.63, 3.8) is 0 Å². The minimum atomic E-state index is -0.228. The van der Waals surface area contributed by atoms with Gasteiger partial charge in [0.2, 0.25) is 5.91 Å². The maximum atomic E-state index is 12.5. The number of thioether (sulfide) groups is 1. The Labute approximate surface area is 177 Å². The highest BCUT2D eigenvalue weighted by Gasteiger charge is 2.20. The molecule has 2 aromatic rings. The highest BCUT2D eigenvalue weighted by Crippen LogP contribution is 2.28. The van der Waals surface area contributed by atoms with E-state index in [0.29, 0.717) is 6.54 Å². The smallest absolute Gasteiger partial charge is 0.233 e. The van der Waals surface area contributed by atoms with Crippen LogP contribution in [0.3, 0.4) is 0 Å². The molecule has 156 valence electrons. The number of allylic oxidation sites excluding steroid dienone is 1. The topological polar surface area (TPSA) is 69.0 Å². The van der Waals surface area contributed by atoms with Gasteiger partial charge in [-0.25, -0.2) is 0 Å². The van der Waals surface area contributed by atoms with Gasteiger partial charge >= 0.3 is 0 Å². The first-order valence-electron chi connectivity index (χ1n) is 10.3. The molecule has 0 saturated carbocycles. The van der Waals surface area contributed by atoms with Gasteiger partial charge in [-0.15, -0.1) is 10.2 Å². The van der Waals surface area contributed by atoms with E-state index in [-0.39, 0.29) is 11.2 Å². The summed E-state index contributed by atoms with van der Waals surface area (Å²) in [6, 6.07) is 7.77. The van der Waals surface area contributed by atoms with Crippen LogP contribution in [0.4, 0.5) is 0 Å². The van der Waals surface area contributed by atoms with Crippen LogP contribution in [-0.4, -0.2) is 39.6 Å². The summed E-state index contributed by atoms with van der Waals surface area (Å²) in [5.74, 6) is 1.65. The van der Waals surface area contributed by atoms with Gasteiger partial charge in [0.1, 0.15) is 5.75 Å². The van der Waals surface area contributed by atoms with E-state index in [9.17, 15) is 4.79 Å². The lowest BCUT2D eigenvalue weighted by Crippen LogP contribution is -2.32. The normalized spacial score (nSPS) is 14.9. The summed E-state index contributed by atoms with van der Waals surface area (Å²) >= 11 is 1.45. The number of nitrogens with one attached hydrogen (secondary N) is 1. The lowest BCUT2D eigenvalue weighted by atomic mass is 9.97. The Bertz CT molecular complexity index is 845. The fourth-order valence-electron chi connectivity index (χ4n) is 3.45. The predicted octanol–water partition coefficient (Wildman–Crippen LogP) is 4.46. The molecule has 7 heteroatoms. The summed E-state index contributed by atoms with van der Waals surface area (Å²) < 4.78 is 7.27. The van der Waals surface area contributed by atoms with Gasteiger partial charge in [0.05, 0.1) is 12.4 Å². The summed E-state index contributed by atoms with van der Waals surface area (Å²) in [7, 11) is 1.65. The van der Waals surface area contributed by atoms with Gasteiger partial charge in [-0.1, -0.05) is 23.4 Å². The van der Waals surface area contributed by atoms with Crippen molar-refractivity contribution in [2.45, 2.75) is 62.9 Å². The number of hydrogen-bond acceptors (Lipinski definition) is 5.